The highest BCUT2D eigenvalue weighted by atomic mass is 16.5. The maximum atomic E-state index is 5.49. The van der Waals surface area contributed by atoms with Crippen molar-refractivity contribution in [3.63, 3.8) is 0 Å². The van der Waals surface area contributed by atoms with Gasteiger partial charge in [0.15, 0.2) is 5.82 Å². The van der Waals surface area contributed by atoms with Gasteiger partial charge in [0.2, 0.25) is 5.89 Å². The summed E-state index contributed by atoms with van der Waals surface area (Å²) in [4.78, 5) is 6.99. The van der Waals surface area contributed by atoms with E-state index in [0.717, 1.165) is 37.5 Å². The number of likely N-dealkylation sites (tertiary alicyclic amines) is 1. The lowest BCUT2D eigenvalue weighted by molar-refractivity contribution is 0.0875. The number of hydrogen-bond donors (Lipinski definition) is 1. The molecular formula is C13H24N4O. The highest BCUT2D eigenvalue weighted by Gasteiger charge is 2.30. The molecular weight excluding hydrogens is 228 g/mol. The van der Waals surface area contributed by atoms with E-state index in [2.05, 4.69) is 28.9 Å². The van der Waals surface area contributed by atoms with Crippen LogP contribution >= 0.6 is 0 Å². The third-order valence-electron chi connectivity index (χ3n) is 3.58. The van der Waals surface area contributed by atoms with Gasteiger partial charge < -0.3 is 10.3 Å². The van der Waals surface area contributed by atoms with Gasteiger partial charge in [0.25, 0.3) is 0 Å². The van der Waals surface area contributed by atoms with Crippen molar-refractivity contribution in [2.45, 2.75) is 58.0 Å². The van der Waals surface area contributed by atoms with Crippen molar-refractivity contribution in [3.05, 3.63) is 11.7 Å². The van der Waals surface area contributed by atoms with E-state index in [9.17, 15) is 0 Å². The normalized spacial score (nSPS) is 21.7. The Morgan fingerprint density at radius 2 is 2.28 bits per heavy atom. The minimum Gasteiger partial charge on any atom is -0.338 e. The van der Waals surface area contributed by atoms with E-state index in [0.29, 0.717) is 18.6 Å². The second-order valence-corrected chi connectivity index (χ2v) is 5.28. The lowest BCUT2D eigenvalue weighted by atomic mass is 10.0. The summed E-state index contributed by atoms with van der Waals surface area (Å²) in [5.74, 6) is 1.58. The summed E-state index contributed by atoms with van der Waals surface area (Å²) in [6, 6.07) is 0.826. The topological polar surface area (TPSA) is 68.2 Å². The van der Waals surface area contributed by atoms with Gasteiger partial charge in [-0.25, -0.2) is 0 Å². The number of hydrogen-bond acceptors (Lipinski definition) is 5. The van der Waals surface area contributed by atoms with Crippen LogP contribution in [0.5, 0.6) is 0 Å². The van der Waals surface area contributed by atoms with Crippen molar-refractivity contribution < 1.29 is 4.52 Å². The molecule has 5 heteroatoms. The molecule has 5 nitrogen and oxygen atoms in total. The van der Waals surface area contributed by atoms with Crippen LogP contribution in [0.4, 0.5) is 0 Å². The Morgan fingerprint density at radius 1 is 1.44 bits per heavy atom. The third kappa shape index (κ3) is 3.09. The molecule has 2 N–H and O–H groups in total. The third-order valence-corrected chi connectivity index (χ3v) is 3.58. The van der Waals surface area contributed by atoms with Crippen LogP contribution in [0.15, 0.2) is 4.52 Å². The number of aryl methyl sites for hydroxylation is 1. The second kappa shape index (κ2) is 6.29. The maximum Gasteiger partial charge on any atom is 0.244 e. The highest BCUT2D eigenvalue weighted by molar-refractivity contribution is 4.96. The van der Waals surface area contributed by atoms with Crippen molar-refractivity contribution in [1.82, 2.24) is 15.0 Å². The molecule has 1 aliphatic rings. The first-order valence-corrected chi connectivity index (χ1v) is 7.00. The van der Waals surface area contributed by atoms with E-state index in [1.165, 1.54) is 12.8 Å². The molecule has 1 fully saturated rings. The first-order chi connectivity index (χ1) is 8.72. The lowest BCUT2D eigenvalue weighted by Gasteiger charge is -2.36. The predicted octanol–water partition coefficient (Wildman–Crippen LogP) is 1.90. The van der Waals surface area contributed by atoms with Crippen molar-refractivity contribution in [1.29, 1.82) is 0 Å². The summed E-state index contributed by atoms with van der Waals surface area (Å²) >= 11 is 0. The average Bonchev–Trinajstić information content (AvgIpc) is 2.85. The van der Waals surface area contributed by atoms with Crippen LogP contribution in [0, 0.1) is 0 Å². The first-order valence-electron chi connectivity index (χ1n) is 7.00. The SMILES string of the molecule is CC(C)N1CCCCC1c1nc(CCCN)no1. The Balaban J connectivity index is 2.06. The minimum atomic E-state index is 0.304. The Bertz CT molecular complexity index is 364. The molecule has 0 radical (unpaired) electrons. The fourth-order valence-electron chi connectivity index (χ4n) is 2.60. The molecule has 2 heterocycles. The second-order valence-electron chi connectivity index (χ2n) is 5.28. The summed E-state index contributed by atoms with van der Waals surface area (Å²) in [6.45, 7) is 6.25. The number of nitrogens with two attached hydrogens (primary N) is 1. The van der Waals surface area contributed by atoms with Crippen LogP contribution in [-0.4, -0.2) is 34.2 Å². The van der Waals surface area contributed by atoms with E-state index in [1.54, 1.807) is 0 Å². The summed E-state index contributed by atoms with van der Waals surface area (Å²) in [5, 5.41) is 4.05. The van der Waals surface area contributed by atoms with E-state index in [1.807, 2.05) is 0 Å². The van der Waals surface area contributed by atoms with Crippen LogP contribution in [0.3, 0.4) is 0 Å². The van der Waals surface area contributed by atoms with Gasteiger partial charge in [0.1, 0.15) is 0 Å². The van der Waals surface area contributed by atoms with Gasteiger partial charge in [-0.1, -0.05) is 11.6 Å². The Labute approximate surface area is 109 Å². The van der Waals surface area contributed by atoms with Crippen molar-refractivity contribution in [2.75, 3.05) is 13.1 Å². The Hall–Kier alpha value is -0.940. The maximum absolute atomic E-state index is 5.49. The predicted molar refractivity (Wildman–Crippen MR) is 70.1 cm³/mol. The summed E-state index contributed by atoms with van der Waals surface area (Å²) < 4.78 is 5.44. The molecule has 1 aromatic heterocycles. The van der Waals surface area contributed by atoms with Crippen LogP contribution in [0.1, 0.15) is 57.3 Å². The van der Waals surface area contributed by atoms with Crippen molar-refractivity contribution in [2.24, 2.45) is 5.73 Å². The molecule has 1 saturated heterocycles. The number of rotatable bonds is 5. The Morgan fingerprint density at radius 3 is 3.00 bits per heavy atom. The highest BCUT2D eigenvalue weighted by Crippen LogP contribution is 2.31. The van der Waals surface area contributed by atoms with Gasteiger partial charge in [0.05, 0.1) is 6.04 Å². The molecule has 0 aliphatic carbocycles. The number of piperidine rings is 1. The summed E-state index contributed by atoms with van der Waals surface area (Å²) in [6.07, 6.45) is 5.36. The molecule has 2 rings (SSSR count). The lowest BCUT2D eigenvalue weighted by Crippen LogP contribution is -2.38. The number of aromatic nitrogens is 2. The molecule has 1 aromatic rings. The monoisotopic (exact) mass is 252 g/mol. The molecule has 1 aliphatic heterocycles. The van der Waals surface area contributed by atoms with Gasteiger partial charge in [-0.2, -0.15) is 4.98 Å². The molecule has 102 valence electrons. The number of nitrogens with zero attached hydrogens (tertiary/aromatic N) is 3. The molecule has 0 amide bonds. The summed E-state index contributed by atoms with van der Waals surface area (Å²) in [5.41, 5.74) is 5.49. The largest absolute Gasteiger partial charge is 0.338 e. The molecule has 0 bridgehead atoms. The molecule has 0 saturated carbocycles. The molecule has 1 unspecified atom stereocenters. The van der Waals surface area contributed by atoms with E-state index in [4.69, 9.17) is 10.3 Å². The van der Waals surface area contributed by atoms with E-state index >= 15 is 0 Å². The van der Waals surface area contributed by atoms with Gasteiger partial charge in [0, 0.05) is 12.5 Å². The molecule has 0 spiro atoms. The van der Waals surface area contributed by atoms with Gasteiger partial charge in [-0.15, -0.1) is 0 Å². The fourth-order valence-corrected chi connectivity index (χ4v) is 2.60. The zero-order valence-electron chi connectivity index (χ0n) is 11.4. The average molecular weight is 252 g/mol. The van der Waals surface area contributed by atoms with Crippen LogP contribution in [0.25, 0.3) is 0 Å². The quantitative estimate of drug-likeness (QED) is 0.866. The molecule has 0 aromatic carbocycles. The smallest absolute Gasteiger partial charge is 0.244 e. The Kier molecular flexibility index (Phi) is 4.72. The van der Waals surface area contributed by atoms with Gasteiger partial charge in [-0.3, -0.25) is 4.90 Å². The van der Waals surface area contributed by atoms with Crippen LogP contribution in [0.2, 0.25) is 0 Å². The van der Waals surface area contributed by atoms with Gasteiger partial charge >= 0.3 is 0 Å². The van der Waals surface area contributed by atoms with Gasteiger partial charge in [-0.05, 0) is 46.2 Å². The summed E-state index contributed by atoms with van der Waals surface area (Å²) in [7, 11) is 0. The molecule has 18 heavy (non-hydrogen) atoms. The van der Waals surface area contributed by atoms with Crippen molar-refractivity contribution in [3.8, 4) is 0 Å². The fraction of sp³-hybridized carbons (Fsp3) is 0.846. The van der Waals surface area contributed by atoms with Crippen LogP contribution in [-0.2, 0) is 6.42 Å². The standard InChI is InChI=1S/C13H24N4O/c1-10(2)17-9-4-3-6-11(17)13-15-12(16-18-13)7-5-8-14/h10-11H,3-9,14H2,1-2H3. The zero-order valence-corrected chi connectivity index (χ0v) is 11.4. The molecule has 1 atom stereocenters. The zero-order chi connectivity index (χ0) is 13.0. The minimum absolute atomic E-state index is 0.304. The first kappa shape index (κ1) is 13.5. The van der Waals surface area contributed by atoms with Crippen LogP contribution < -0.4 is 5.73 Å². The van der Waals surface area contributed by atoms with E-state index < -0.39 is 0 Å². The van der Waals surface area contributed by atoms with E-state index in [-0.39, 0.29) is 0 Å². The van der Waals surface area contributed by atoms with Crippen molar-refractivity contribution >= 4 is 0 Å².